The van der Waals surface area contributed by atoms with E-state index in [0.29, 0.717) is 5.92 Å². The minimum Gasteiger partial charge on any atom is -0.494 e. The summed E-state index contributed by atoms with van der Waals surface area (Å²) in [4.78, 5) is 10.9. The summed E-state index contributed by atoms with van der Waals surface area (Å²) in [5.41, 5.74) is 0.980. The molecule has 4 heteroatoms. The molecule has 2 saturated carbocycles. The number of benzene rings is 1. The summed E-state index contributed by atoms with van der Waals surface area (Å²) in [6.07, 6.45) is 10.2. The van der Waals surface area contributed by atoms with Gasteiger partial charge in [0.2, 0.25) is 0 Å². The lowest BCUT2D eigenvalue weighted by molar-refractivity contribution is -0.0438. The van der Waals surface area contributed by atoms with Crippen LogP contribution in [0.15, 0.2) is 24.3 Å². The van der Waals surface area contributed by atoms with Gasteiger partial charge in [-0.2, -0.15) is 0 Å². The fourth-order valence-corrected chi connectivity index (χ4v) is 5.13. The number of rotatable bonds is 7. The van der Waals surface area contributed by atoms with E-state index in [1.807, 2.05) is 6.92 Å². The van der Waals surface area contributed by atoms with E-state index in [0.717, 1.165) is 62.7 Å². The fourth-order valence-electron chi connectivity index (χ4n) is 5.13. The maximum absolute atomic E-state index is 10.9. The summed E-state index contributed by atoms with van der Waals surface area (Å²) in [5.74, 6) is 3.19. The van der Waals surface area contributed by atoms with E-state index in [2.05, 4.69) is 31.2 Å². The van der Waals surface area contributed by atoms with Crippen LogP contribution >= 0.6 is 0 Å². The first-order valence-corrected chi connectivity index (χ1v) is 11.1. The molecule has 156 valence electrons. The first-order chi connectivity index (χ1) is 13.5. The summed E-state index contributed by atoms with van der Waals surface area (Å²) in [6.45, 7) is 4.93. The first kappa shape index (κ1) is 21.0. The van der Waals surface area contributed by atoms with Crippen molar-refractivity contribution in [1.29, 1.82) is 0 Å². The van der Waals surface area contributed by atoms with Crippen molar-refractivity contribution in [1.82, 2.24) is 0 Å². The van der Waals surface area contributed by atoms with E-state index in [1.165, 1.54) is 31.2 Å². The molecule has 0 aliphatic heterocycles. The Bertz CT molecular complexity index is 608. The molecular formula is C24H36O4. The second-order valence-corrected chi connectivity index (χ2v) is 9.04. The molecule has 0 amide bonds. The van der Waals surface area contributed by atoms with Gasteiger partial charge < -0.3 is 14.6 Å². The van der Waals surface area contributed by atoms with Crippen LogP contribution in [-0.2, 0) is 4.74 Å². The predicted octanol–water partition coefficient (Wildman–Crippen LogP) is 6.78. The van der Waals surface area contributed by atoms with E-state index in [-0.39, 0.29) is 0 Å². The zero-order chi connectivity index (χ0) is 20.0. The first-order valence-electron chi connectivity index (χ1n) is 11.1. The number of carboxylic acid groups (broad SMARTS) is 1. The molecule has 3 rings (SSSR count). The smallest absolute Gasteiger partial charge is 0.494 e. The van der Waals surface area contributed by atoms with Crippen LogP contribution in [0.5, 0.6) is 5.75 Å². The Balaban J connectivity index is 1.44. The molecule has 4 nitrogen and oxygen atoms in total. The van der Waals surface area contributed by atoms with Crippen molar-refractivity contribution in [2.75, 3.05) is 6.61 Å². The van der Waals surface area contributed by atoms with Gasteiger partial charge in [0.05, 0.1) is 6.61 Å². The third-order valence-electron chi connectivity index (χ3n) is 6.98. The molecule has 28 heavy (non-hydrogen) atoms. The van der Waals surface area contributed by atoms with Gasteiger partial charge in [0.25, 0.3) is 0 Å². The SMILES string of the molecule is CCCCOc1ccc(C2CCC(C3CCC(C)(OC(=O)O)CC3)CC2)cc1. The molecule has 0 heterocycles. The number of ether oxygens (including phenoxy) is 2. The molecule has 1 aromatic rings. The van der Waals surface area contributed by atoms with Crippen molar-refractivity contribution in [2.24, 2.45) is 11.8 Å². The van der Waals surface area contributed by atoms with Gasteiger partial charge in [0.1, 0.15) is 11.4 Å². The van der Waals surface area contributed by atoms with Crippen molar-refractivity contribution in [2.45, 2.75) is 89.6 Å². The average Bonchev–Trinajstić information content (AvgIpc) is 2.69. The lowest BCUT2D eigenvalue weighted by Crippen LogP contribution is -2.37. The maximum atomic E-state index is 10.9. The van der Waals surface area contributed by atoms with Gasteiger partial charge in [-0.05, 0) is 100 Å². The van der Waals surface area contributed by atoms with Gasteiger partial charge in [-0.3, -0.25) is 0 Å². The second kappa shape index (κ2) is 9.67. The molecule has 0 atom stereocenters. The number of unbranched alkanes of at least 4 members (excludes halogenated alkanes) is 1. The van der Waals surface area contributed by atoms with Crippen LogP contribution in [-0.4, -0.2) is 23.5 Å². The average molecular weight is 389 g/mol. The van der Waals surface area contributed by atoms with Gasteiger partial charge in [0, 0.05) is 0 Å². The van der Waals surface area contributed by atoms with Crippen LogP contribution in [0, 0.1) is 11.8 Å². The molecular weight excluding hydrogens is 352 g/mol. The molecule has 0 radical (unpaired) electrons. The van der Waals surface area contributed by atoms with Gasteiger partial charge >= 0.3 is 6.16 Å². The largest absolute Gasteiger partial charge is 0.506 e. The molecule has 0 bridgehead atoms. The Morgan fingerprint density at radius 2 is 1.64 bits per heavy atom. The van der Waals surface area contributed by atoms with E-state index < -0.39 is 11.8 Å². The zero-order valence-electron chi connectivity index (χ0n) is 17.5. The highest BCUT2D eigenvalue weighted by Gasteiger charge is 2.38. The van der Waals surface area contributed by atoms with Crippen LogP contribution in [0.4, 0.5) is 4.79 Å². The highest BCUT2D eigenvalue weighted by molar-refractivity contribution is 5.57. The van der Waals surface area contributed by atoms with Crippen LogP contribution in [0.3, 0.4) is 0 Å². The monoisotopic (exact) mass is 388 g/mol. The van der Waals surface area contributed by atoms with Crippen LogP contribution in [0.2, 0.25) is 0 Å². The third kappa shape index (κ3) is 5.65. The number of hydrogen-bond donors (Lipinski definition) is 1. The number of hydrogen-bond acceptors (Lipinski definition) is 3. The Hall–Kier alpha value is -1.71. The molecule has 2 aliphatic rings. The van der Waals surface area contributed by atoms with E-state index >= 15 is 0 Å². The lowest BCUT2D eigenvalue weighted by atomic mass is 9.67. The van der Waals surface area contributed by atoms with Crippen molar-refractivity contribution < 1.29 is 19.4 Å². The van der Waals surface area contributed by atoms with Crippen molar-refractivity contribution in [3.8, 4) is 5.75 Å². The van der Waals surface area contributed by atoms with Gasteiger partial charge in [-0.15, -0.1) is 0 Å². The summed E-state index contributed by atoms with van der Waals surface area (Å²) in [5, 5.41) is 8.92. The van der Waals surface area contributed by atoms with Crippen LogP contribution in [0.1, 0.15) is 89.5 Å². The van der Waals surface area contributed by atoms with E-state index in [1.54, 1.807) is 0 Å². The summed E-state index contributed by atoms with van der Waals surface area (Å²) >= 11 is 0. The predicted molar refractivity (Wildman–Crippen MR) is 111 cm³/mol. The summed E-state index contributed by atoms with van der Waals surface area (Å²) in [7, 11) is 0. The molecule has 2 aliphatic carbocycles. The van der Waals surface area contributed by atoms with Crippen molar-refractivity contribution >= 4 is 6.16 Å². The summed E-state index contributed by atoms with van der Waals surface area (Å²) < 4.78 is 10.9. The van der Waals surface area contributed by atoms with Gasteiger partial charge in [0.15, 0.2) is 0 Å². The standard InChI is InChI=1S/C24H36O4/c1-3-4-17-27-22-11-9-20(10-12-22)18-5-7-19(8-6-18)21-13-15-24(2,16-14-21)28-23(25)26/h9-12,18-19,21H,3-8,13-17H2,1-2H3,(H,25,26). The van der Waals surface area contributed by atoms with E-state index in [4.69, 9.17) is 14.6 Å². The normalized spacial score (nSPS) is 30.6. The Labute approximate surface area is 169 Å². The van der Waals surface area contributed by atoms with Gasteiger partial charge in [-0.25, -0.2) is 4.79 Å². The van der Waals surface area contributed by atoms with Crippen molar-refractivity contribution in [3.05, 3.63) is 29.8 Å². The molecule has 0 unspecified atom stereocenters. The topological polar surface area (TPSA) is 55.8 Å². The Kier molecular flexibility index (Phi) is 7.25. The lowest BCUT2D eigenvalue weighted by Gasteiger charge is -2.41. The highest BCUT2D eigenvalue weighted by atomic mass is 16.7. The second-order valence-electron chi connectivity index (χ2n) is 9.04. The molecule has 1 N–H and O–H groups in total. The van der Waals surface area contributed by atoms with Crippen LogP contribution < -0.4 is 4.74 Å². The molecule has 0 saturated heterocycles. The summed E-state index contributed by atoms with van der Waals surface area (Å²) in [6, 6.07) is 8.76. The van der Waals surface area contributed by atoms with Crippen molar-refractivity contribution in [3.63, 3.8) is 0 Å². The molecule has 0 aromatic heterocycles. The Morgan fingerprint density at radius 3 is 2.21 bits per heavy atom. The Morgan fingerprint density at radius 1 is 1.04 bits per heavy atom. The molecule has 1 aromatic carbocycles. The highest BCUT2D eigenvalue weighted by Crippen LogP contribution is 2.45. The molecule has 2 fully saturated rings. The van der Waals surface area contributed by atoms with Crippen LogP contribution in [0.25, 0.3) is 0 Å². The van der Waals surface area contributed by atoms with Gasteiger partial charge in [-0.1, -0.05) is 25.5 Å². The quantitative estimate of drug-likeness (QED) is 0.413. The third-order valence-corrected chi connectivity index (χ3v) is 6.98. The van der Waals surface area contributed by atoms with E-state index in [9.17, 15) is 4.79 Å². The molecule has 0 spiro atoms. The minimum atomic E-state index is -1.14. The zero-order valence-corrected chi connectivity index (χ0v) is 17.5. The maximum Gasteiger partial charge on any atom is 0.506 e. The fraction of sp³-hybridized carbons (Fsp3) is 0.708. The minimum absolute atomic E-state index is 0.472. The number of carbonyl (C=O) groups is 1.